The van der Waals surface area contributed by atoms with Gasteiger partial charge in [-0.3, -0.25) is 19.7 Å². The fourth-order valence-electron chi connectivity index (χ4n) is 3.39. The van der Waals surface area contributed by atoms with E-state index in [1.54, 1.807) is 18.2 Å². The third-order valence-corrected chi connectivity index (χ3v) is 4.66. The number of oxazole rings is 1. The molecule has 1 aromatic heterocycles. The van der Waals surface area contributed by atoms with Crippen molar-refractivity contribution in [2.24, 2.45) is 5.11 Å². The number of carbonyl (C=O) groups excluding carboxylic acids is 3. The number of hydrogen-bond donors (Lipinski definition) is 1. The molecule has 3 heterocycles. The molecule has 136 valence electrons. The van der Waals surface area contributed by atoms with Crippen LogP contribution in [0.3, 0.4) is 0 Å². The van der Waals surface area contributed by atoms with E-state index >= 15 is 0 Å². The van der Waals surface area contributed by atoms with Gasteiger partial charge in [0, 0.05) is 29.0 Å². The van der Waals surface area contributed by atoms with Crippen LogP contribution in [-0.4, -0.2) is 33.6 Å². The fourth-order valence-corrected chi connectivity index (χ4v) is 3.39. The Hall–Kier alpha value is -3.65. The lowest BCUT2D eigenvalue weighted by Gasteiger charge is -2.29. The maximum absolute atomic E-state index is 12.8. The molecule has 2 aliphatic heterocycles. The predicted molar refractivity (Wildman–Crippen MR) is 90.8 cm³/mol. The van der Waals surface area contributed by atoms with E-state index in [-0.39, 0.29) is 31.3 Å². The monoisotopic (exact) mass is 366 g/mol. The Morgan fingerprint density at radius 2 is 2.15 bits per heavy atom. The second-order valence-electron chi connectivity index (χ2n) is 6.25. The molecule has 10 heteroatoms. The van der Waals surface area contributed by atoms with Gasteiger partial charge in [-0.25, -0.2) is 4.98 Å². The first-order valence-electron chi connectivity index (χ1n) is 8.31. The van der Waals surface area contributed by atoms with Crippen molar-refractivity contribution < 1.29 is 18.8 Å². The second-order valence-corrected chi connectivity index (χ2v) is 6.25. The standard InChI is InChI=1S/C17H14N6O4/c18-22-20-7-9-6-19-16(27-9)10-2-1-3-11-12(10)8-23(17(11)26)13-4-5-14(24)21-15(13)25/h1-3,6,13H,4-5,7-8H2,(H,21,24,25). The average Bonchev–Trinajstić information content (AvgIpc) is 3.25. The summed E-state index contributed by atoms with van der Waals surface area (Å²) in [6.45, 7) is 0.268. The largest absolute Gasteiger partial charge is 0.441 e. The third kappa shape index (κ3) is 2.91. The van der Waals surface area contributed by atoms with Crippen molar-refractivity contribution >= 4 is 17.7 Å². The number of nitrogens with one attached hydrogen (secondary N) is 1. The Balaban J connectivity index is 1.65. The van der Waals surface area contributed by atoms with Crippen molar-refractivity contribution in [3.05, 3.63) is 51.7 Å². The van der Waals surface area contributed by atoms with Crippen LogP contribution in [0.15, 0.2) is 33.9 Å². The van der Waals surface area contributed by atoms with Crippen LogP contribution in [0.4, 0.5) is 0 Å². The molecule has 2 aromatic rings. The maximum atomic E-state index is 12.8. The Kier molecular flexibility index (Phi) is 4.09. The predicted octanol–water partition coefficient (Wildman–Crippen LogP) is 1.91. The summed E-state index contributed by atoms with van der Waals surface area (Å²) in [4.78, 5) is 44.7. The molecule has 0 saturated carbocycles. The Morgan fingerprint density at radius 3 is 2.93 bits per heavy atom. The lowest BCUT2D eigenvalue weighted by Crippen LogP contribution is -2.52. The number of benzene rings is 1. The van der Waals surface area contributed by atoms with E-state index in [4.69, 9.17) is 9.95 Å². The molecule has 2 aliphatic rings. The molecular formula is C17H14N6O4. The molecule has 27 heavy (non-hydrogen) atoms. The van der Waals surface area contributed by atoms with E-state index in [1.165, 1.54) is 11.1 Å². The smallest absolute Gasteiger partial charge is 0.255 e. The summed E-state index contributed by atoms with van der Waals surface area (Å²) in [5.41, 5.74) is 10.2. The van der Waals surface area contributed by atoms with Gasteiger partial charge in [0.25, 0.3) is 5.91 Å². The number of hydrogen-bond acceptors (Lipinski definition) is 6. The first-order valence-corrected chi connectivity index (χ1v) is 8.31. The van der Waals surface area contributed by atoms with Gasteiger partial charge in [-0.15, -0.1) is 0 Å². The average molecular weight is 366 g/mol. The highest BCUT2D eigenvalue weighted by Gasteiger charge is 2.40. The zero-order valence-electron chi connectivity index (χ0n) is 14.1. The zero-order chi connectivity index (χ0) is 19.0. The minimum Gasteiger partial charge on any atom is -0.441 e. The molecule has 0 bridgehead atoms. The Labute approximate surface area is 152 Å². The summed E-state index contributed by atoms with van der Waals surface area (Å²) in [6.07, 6.45) is 1.97. The molecule has 1 unspecified atom stereocenters. The lowest BCUT2D eigenvalue weighted by molar-refractivity contribution is -0.136. The molecule has 10 nitrogen and oxygen atoms in total. The number of imide groups is 1. The summed E-state index contributed by atoms with van der Waals surface area (Å²) in [5, 5.41) is 5.71. The van der Waals surface area contributed by atoms with Gasteiger partial charge in [0.1, 0.15) is 11.8 Å². The lowest BCUT2D eigenvalue weighted by atomic mass is 10.0. The normalized spacial score (nSPS) is 18.9. The van der Waals surface area contributed by atoms with Gasteiger partial charge in [-0.05, 0) is 29.6 Å². The molecule has 1 N–H and O–H groups in total. The van der Waals surface area contributed by atoms with Crippen molar-refractivity contribution in [1.29, 1.82) is 0 Å². The number of aromatic nitrogens is 1. The van der Waals surface area contributed by atoms with E-state index in [2.05, 4.69) is 20.3 Å². The zero-order valence-corrected chi connectivity index (χ0v) is 14.1. The molecule has 0 radical (unpaired) electrons. The van der Waals surface area contributed by atoms with E-state index < -0.39 is 11.9 Å². The number of rotatable bonds is 4. The third-order valence-electron chi connectivity index (χ3n) is 4.66. The van der Waals surface area contributed by atoms with Crippen LogP contribution in [0.2, 0.25) is 0 Å². The molecular weight excluding hydrogens is 352 g/mol. The number of amides is 3. The number of fused-ring (bicyclic) bond motifs is 1. The highest BCUT2D eigenvalue weighted by Crippen LogP contribution is 2.34. The van der Waals surface area contributed by atoms with Crippen LogP contribution < -0.4 is 5.32 Å². The van der Waals surface area contributed by atoms with E-state index in [9.17, 15) is 14.4 Å². The van der Waals surface area contributed by atoms with Crippen molar-refractivity contribution in [2.45, 2.75) is 32.0 Å². The SMILES string of the molecule is [N-]=[N+]=NCc1cnc(-c2cccc3c2CN(C2CCC(=O)NC2=O)C3=O)o1. The van der Waals surface area contributed by atoms with Crippen molar-refractivity contribution in [3.8, 4) is 11.5 Å². The molecule has 3 amide bonds. The van der Waals surface area contributed by atoms with Crippen LogP contribution in [0.1, 0.15) is 34.5 Å². The van der Waals surface area contributed by atoms with Gasteiger partial charge >= 0.3 is 0 Å². The summed E-state index contributed by atoms with van der Waals surface area (Å²) in [7, 11) is 0. The Morgan fingerprint density at radius 1 is 1.33 bits per heavy atom. The van der Waals surface area contributed by atoms with Crippen molar-refractivity contribution in [3.63, 3.8) is 0 Å². The van der Waals surface area contributed by atoms with E-state index in [0.29, 0.717) is 34.8 Å². The van der Waals surface area contributed by atoms with Gasteiger partial charge in [0.15, 0.2) is 0 Å². The molecule has 1 atom stereocenters. The summed E-state index contributed by atoms with van der Waals surface area (Å²) < 4.78 is 5.62. The molecule has 1 saturated heterocycles. The van der Waals surface area contributed by atoms with E-state index in [0.717, 1.165) is 0 Å². The highest BCUT2D eigenvalue weighted by molar-refractivity contribution is 6.06. The minimum absolute atomic E-state index is 0.0415. The van der Waals surface area contributed by atoms with Gasteiger partial charge in [0.05, 0.1) is 12.7 Å². The topological polar surface area (TPSA) is 141 Å². The number of azide groups is 1. The number of piperidine rings is 1. The van der Waals surface area contributed by atoms with Gasteiger partial charge in [0.2, 0.25) is 17.7 Å². The van der Waals surface area contributed by atoms with Crippen molar-refractivity contribution in [1.82, 2.24) is 15.2 Å². The number of carbonyl (C=O) groups is 3. The first kappa shape index (κ1) is 16.8. The van der Waals surface area contributed by atoms with Crippen LogP contribution in [0.5, 0.6) is 0 Å². The summed E-state index contributed by atoms with van der Waals surface area (Å²) in [6, 6.07) is 4.51. The molecule has 0 spiro atoms. The van der Waals surface area contributed by atoms with Crippen molar-refractivity contribution in [2.75, 3.05) is 0 Å². The molecule has 1 fully saturated rings. The fraction of sp³-hybridized carbons (Fsp3) is 0.294. The Bertz CT molecular complexity index is 1010. The molecule has 4 rings (SSSR count). The first-order chi connectivity index (χ1) is 13.1. The van der Waals surface area contributed by atoms with Crippen LogP contribution >= 0.6 is 0 Å². The van der Waals surface area contributed by atoms with Gasteiger partial charge < -0.3 is 9.32 Å². The quantitative estimate of drug-likeness (QED) is 0.381. The maximum Gasteiger partial charge on any atom is 0.255 e. The summed E-state index contributed by atoms with van der Waals surface area (Å²) in [5.74, 6) is -0.322. The number of nitrogens with zero attached hydrogens (tertiary/aromatic N) is 5. The van der Waals surface area contributed by atoms with Gasteiger partial charge in [-0.1, -0.05) is 11.2 Å². The van der Waals surface area contributed by atoms with Crippen LogP contribution in [0.25, 0.3) is 21.9 Å². The van der Waals surface area contributed by atoms with Crippen LogP contribution in [-0.2, 0) is 22.7 Å². The summed E-state index contributed by atoms with van der Waals surface area (Å²) >= 11 is 0. The van der Waals surface area contributed by atoms with Crippen LogP contribution in [0, 0.1) is 0 Å². The molecule has 1 aromatic carbocycles. The van der Waals surface area contributed by atoms with E-state index in [1.807, 2.05) is 0 Å². The minimum atomic E-state index is -0.680. The van der Waals surface area contributed by atoms with Gasteiger partial charge in [-0.2, -0.15) is 0 Å². The second kappa shape index (κ2) is 6.58. The molecule has 0 aliphatic carbocycles. The highest BCUT2D eigenvalue weighted by atomic mass is 16.4.